The van der Waals surface area contributed by atoms with Crippen molar-refractivity contribution in [3.8, 4) is 0 Å². The van der Waals surface area contributed by atoms with E-state index in [1.165, 1.54) is 4.31 Å². The molecule has 3 unspecified atom stereocenters. The average Bonchev–Trinajstić information content (AvgIpc) is 3.16. The highest BCUT2D eigenvalue weighted by molar-refractivity contribution is 7.89. The van der Waals surface area contributed by atoms with Gasteiger partial charge >= 0.3 is 0 Å². The Labute approximate surface area is 173 Å². The SMILES string of the molecule is O=C(NCCc1ccccc1)C1CC2CCCCC2N1S(=O)(=O)c1ccccc1. The molecule has 2 aromatic rings. The van der Waals surface area contributed by atoms with Gasteiger partial charge in [0.05, 0.1) is 4.90 Å². The molecule has 6 heteroatoms. The number of sulfonamides is 1. The number of hydrogen-bond acceptors (Lipinski definition) is 3. The number of benzene rings is 2. The van der Waals surface area contributed by atoms with E-state index in [0.29, 0.717) is 13.0 Å². The summed E-state index contributed by atoms with van der Waals surface area (Å²) in [5.74, 6) is 0.0990. The lowest BCUT2D eigenvalue weighted by Gasteiger charge is -2.32. The Balaban J connectivity index is 1.53. The van der Waals surface area contributed by atoms with Crippen LogP contribution in [0.5, 0.6) is 0 Å². The van der Waals surface area contributed by atoms with E-state index in [1.54, 1.807) is 30.3 Å². The lowest BCUT2D eigenvalue weighted by Crippen LogP contribution is -2.49. The van der Waals surface area contributed by atoms with Crippen molar-refractivity contribution in [1.29, 1.82) is 0 Å². The summed E-state index contributed by atoms with van der Waals surface area (Å²) in [6, 6.07) is 17.8. The van der Waals surface area contributed by atoms with Crippen LogP contribution in [0.15, 0.2) is 65.6 Å². The molecular weight excluding hydrogens is 384 g/mol. The number of nitrogens with one attached hydrogen (secondary N) is 1. The van der Waals surface area contributed by atoms with Crippen LogP contribution in [0.2, 0.25) is 0 Å². The molecule has 2 fully saturated rings. The summed E-state index contributed by atoms with van der Waals surface area (Å²) >= 11 is 0. The summed E-state index contributed by atoms with van der Waals surface area (Å²) in [5, 5.41) is 2.99. The monoisotopic (exact) mass is 412 g/mol. The molecule has 1 heterocycles. The second-order valence-corrected chi connectivity index (χ2v) is 9.88. The maximum absolute atomic E-state index is 13.4. The van der Waals surface area contributed by atoms with Crippen molar-refractivity contribution < 1.29 is 13.2 Å². The maximum Gasteiger partial charge on any atom is 0.244 e. The molecule has 3 atom stereocenters. The van der Waals surface area contributed by atoms with Gasteiger partial charge in [-0.1, -0.05) is 61.4 Å². The first-order valence-electron chi connectivity index (χ1n) is 10.5. The highest BCUT2D eigenvalue weighted by atomic mass is 32.2. The van der Waals surface area contributed by atoms with Crippen LogP contribution in [0, 0.1) is 5.92 Å². The Hall–Kier alpha value is -2.18. The minimum absolute atomic E-state index is 0.0705. The van der Waals surface area contributed by atoms with Gasteiger partial charge in [-0.05, 0) is 49.3 Å². The third kappa shape index (κ3) is 4.23. The molecule has 1 aliphatic heterocycles. The Morgan fingerprint density at radius 2 is 1.62 bits per heavy atom. The van der Waals surface area contributed by atoms with Crippen molar-refractivity contribution in [3.63, 3.8) is 0 Å². The zero-order chi connectivity index (χ0) is 20.3. The number of carbonyl (C=O) groups excluding carboxylic acids is 1. The Kier molecular flexibility index (Phi) is 6.01. The van der Waals surface area contributed by atoms with Crippen LogP contribution >= 0.6 is 0 Å². The molecule has 4 rings (SSSR count). The first-order valence-corrected chi connectivity index (χ1v) is 11.9. The minimum atomic E-state index is -3.71. The van der Waals surface area contributed by atoms with Crippen molar-refractivity contribution in [3.05, 3.63) is 66.2 Å². The lowest BCUT2D eigenvalue weighted by molar-refractivity contribution is -0.124. The summed E-state index contributed by atoms with van der Waals surface area (Å²) < 4.78 is 28.4. The smallest absolute Gasteiger partial charge is 0.244 e. The standard InChI is InChI=1S/C23H28N2O3S/c26-23(24-16-15-18-9-3-1-4-10-18)22-17-19-11-7-8-14-21(19)25(22)29(27,28)20-12-5-2-6-13-20/h1-6,9-10,12-13,19,21-22H,7-8,11,14-17H2,(H,24,26). The third-order valence-electron chi connectivity index (χ3n) is 6.21. The maximum atomic E-state index is 13.4. The molecule has 29 heavy (non-hydrogen) atoms. The number of fused-ring (bicyclic) bond motifs is 1. The molecule has 154 valence electrons. The van der Waals surface area contributed by atoms with Crippen LogP contribution in [-0.4, -0.2) is 37.3 Å². The normalized spacial score (nSPS) is 24.8. The van der Waals surface area contributed by atoms with Gasteiger partial charge < -0.3 is 5.32 Å². The van der Waals surface area contributed by atoms with E-state index in [9.17, 15) is 13.2 Å². The van der Waals surface area contributed by atoms with Gasteiger partial charge in [-0.2, -0.15) is 4.31 Å². The molecule has 0 spiro atoms. The Morgan fingerprint density at radius 3 is 2.34 bits per heavy atom. The molecule has 0 bridgehead atoms. The van der Waals surface area contributed by atoms with Crippen LogP contribution in [-0.2, 0) is 21.2 Å². The van der Waals surface area contributed by atoms with Gasteiger partial charge in [0.2, 0.25) is 15.9 Å². The zero-order valence-corrected chi connectivity index (χ0v) is 17.4. The fraction of sp³-hybridized carbons (Fsp3) is 0.435. The molecule has 1 aliphatic carbocycles. The van der Waals surface area contributed by atoms with E-state index in [-0.39, 0.29) is 22.8 Å². The molecule has 2 aromatic carbocycles. The first-order chi connectivity index (χ1) is 14.1. The Morgan fingerprint density at radius 1 is 0.966 bits per heavy atom. The highest BCUT2D eigenvalue weighted by Crippen LogP contribution is 2.42. The quantitative estimate of drug-likeness (QED) is 0.791. The lowest BCUT2D eigenvalue weighted by atomic mass is 9.85. The predicted octanol–water partition coefficient (Wildman–Crippen LogP) is 3.37. The number of hydrogen-bond donors (Lipinski definition) is 1. The summed E-state index contributed by atoms with van der Waals surface area (Å²) in [5.41, 5.74) is 1.15. The molecule has 1 amide bonds. The molecule has 0 radical (unpaired) electrons. The molecular formula is C23H28N2O3S. The molecule has 1 saturated heterocycles. The van der Waals surface area contributed by atoms with Crippen LogP contribution in [0.1, 0.15) is 37.7 Å². The van der Waals surface area contributed by atoms with Gasteiger partial charge in [-0.15, -0.1) is 0 Å². The largest absolute Gasteiger partial charge is 0.354 e. The number of nitrogens with zero attached hydrogens (tertiary/aromatic N) is 1. The van der Waals surface area contributed by atoms with Gasteiger partial charge in [0, 0.05) is 12.6 Å². The van der Waals surface area contributed by atoms with E-state index in [1.807, 2.05) is 30.3 Å². The van der Waals surface area contributed by atoms with Gasteiger partial charge in [0.15, 0.2) is 0 Å². The van der Waals surface area contributed by atoms with E-state index in [2.05, 4.69) is 5.32 Å². The first kappa shape index (κ1) is 20.1. The van der Waals surface area contributed by atoms with Gasteiger partial charge in [-0.3, -0.25) is 4.79 Å². The summed E-state index contributed by atoms with van der Waals surface area (Å²) in [6.07, 6.45) is 5.32. The van der Waals surface area contributed by atoms with Gasteiger partial charge in [-0.25, -0.2) is 8.42 Å². The van der Waals surface area contributed by atoms with Gasteiger partial charge in [0.1, 0.15) is 6.04 Å². The summed E-state index contributed by atoms with van der Waals surface area (Å²) in [6.45, 7) is 0.508. The molecule has 0 aromatic heterocycles. The number of carbonyl (C=O) groups is 1. The van der Waals surface area contributed by atoms with Crippen molar-refractivity contribution in [1.82, 2.24) is 9.62 Å². The van der Waals surface area contributed by atoms with Crippen LogP contribution < -0.4 is 5.32 Å². The molecule has 1 N–H and O–H groups in total. The fourth-order valence-electron chi connectivity index (χ4n) is 4.79. The second-order valence-electron chi connectivity index (χ2n) is 8.04. The topological polar surface area (TPSA) is 66.5 Å². The van der Waals surface area contributed by atoms with E-state index < -0.39 is 16.1 Å². The van der Waals surface area contributed by atoms with Crippen LogP contribution in [0.4, 0.5) is 0 Å². The van der Waals surface area contributed by atoms with Crippen LogP contribution in [0.25, 0.3) is 0 Å². The minimum Gasteiger partial charge on any atom is -0.354 e. The average molecular weight is 413 g/mol. The van der Waals surface area contributed by atoms with Crippen molar-refractivity contribution in [2.75, 3.05) is 6.54 Å². The summed E-state index contributed by atoms with van der Waals surface area (Å²) in [4.78, 5) is 13.3. The van der Waals surface area contributed by atoms with Crippen LogP contribution in [0.3, 0.4) is 0 Å². The van der Waals surface area contributed by atoms with Crippen molar-refractivity contribution in [2.24, 2.45) is 5.92 Å². The molecule has 2 aliphatic rings. The molecule has 1 saturated carbocycles. The van der Waals surface area contributed by atoms with Crippen molar-refractivity contribution in [2.45, 2.75) is 55.5 Å². The van der Waals surface area contributed by atoms with Crippen molar-refractivity contribution >= 4 is 15.9 Å². The zero-order valence-electron chi connectivity index (χ0n) is 16.5. The molecule has 5 nitrogen and oxygen atoms in total. The van der Waals surface area contributed by atoms with E-state index in [4.69, 9.17) is 0 Å². The third-order valence-corrected chi connectivity index (χ3v) is 8.15. The Bertz CT molecular complexity index is 931. The number of rotatable bonds is 6. The van der Waals surface area contributed by atoms with E-state index in [0.717, 1.165) is 37.7 Å². The summed E-state index contributed by atoms with van der Waals surface area (Å²) in [7, 11) is -3.71. The highest BCUT2D eigenvalue weighted by Gasteiger charge is 2.50. The van der Waals surface area contributed by atoms with E-state index >= 15 is 0 Å². The van der Waals surface area contributed by atoms with Gasteiger partial charge in [0.25, 0.3) is 0 Å². The fourth-order valence-corrected chi connectivity index (χ4v) is 6.69. The second kappa shape index (κ2) is 8.67. The number of amides is 1. The predicted molar refractivity (Wildman–Crippen MR) is 113 cm³/mol.